The van der Waals surface area contributed by atoms with Crippen molar-refractivity contribution in [3.05, 3.63) is 28.8 Å². The van der Waals surface area contributed by atoms with Crippen molar-refractivity contribution in [2.75, 3.05) is 18.0 Å². The Bertz CT molecular complexity index is 404. The monoisotopic (exact) mass is 296 g/mol. The zero-order chi connectivity index (χ0) is 15.1. The third kappa shape index (κ3) is 4.68. The lowest BCUT2D eigenvalue weighted by molar-refractivity contribution is 0.570. The highest BCUT2D eigenvalue weighted by molar-refractivity contribution is 6.33. The number of nitrogens with zero attached hydrogens (tertiary/aromatic N) is 1. The molecule has 3 heteroatoms. The lowest BCUT2D eigenvalue weighted by atomic mass is 10.1. The number of nitrogens with one attached hydrogen (secondary N) is 1. The largest absolute Gasteiger partial charge is 0.368 e. The maximum atomic E-state index is 6.51. The first-order chi connectivity index (χ1) is 9.51. The van der Waals surface area contributed by atoms with Crippen molar-refractivity contribution in [2.45, 2.75) is 59.5 Å². The Hall–Kier alpha value is -0.730. The number of hydrogen-bond acceptors (Lipinski definition) is 2. The quantitative estimate of drug-likeness (QED) is 0.724. The molecule has 114 valence electrons. The summed E-state index contributed by atoms with van der Waals surface area (Å²) in [6.07, 6.45) is 2.28. The fourth-order valence-corrected chi connectivity index (χ4v) is 2.70. The summed E-state index contributed by atoms with van der Waals surface area (Å²) in [6.45, 7) is 13.1. The van der Waals surface area contributed by atoms with Gasteiger partial charge in [0.1, 0.15) is 0 Å². The number of hydrogen-bond donors (Lipinski definition) is 1. The van der Waals surface area contributed by atoms with Crippen LogP contribution in [0.25, 0.3) is 0 Å². The van der Waals surface area contributed by atoms with Crippen LogP contribution in [0.3, 0.4) is 0 Å². The minimum absolute atomic E-state index is 0.347. The Labute approximate surface area is 129 Å². The van der Waals surface area contributed by atoms with E-state index in [1.165, 1.54) is 5.56 Å². The zero-order valence-electron chi connectivity index (χ0n) is 13.5. The summed E-state index contributed by atoms with van der Waals surface area (Å²) < 4.78 is 0. The third-order valence-electron chi connectivity index (χ3n) is 3.57. The van der Waals surface area contributed by atoms with Gasteiger partial charge in [0.25, 0.3) is 0 Å². The first-order valence-corrected chi connectivity index (χ1v) is 8.18. The fourth-order valence-electron chi connectivity index (χ4n) is 2.40. The Balaban J connectivity index is 2.91. The molecule has 0 spiro atoms. The molecule has 0 heterocycles. The van der Waals surface area contributed by atoms with Gasteiger partial charge in [-0.1, -0.05) is 31.5 Å². The normalized spacial score (nSPS) is 12.8. The maximum Gasteiger partial charge on any atom is 0.0642 e. The summed E-state index contributed by atoms with van der Waals surface area (Å²) >= 11 is 6.51. The molecule has 0 aliphatic carbocycles. The van der Waals surface area contributed by atoms with Gasteiger partial charge < -0.3 is 10.2 Å². The van der Waals surface area contributed by atoms with Crippen molar-refractivity contribution in [1.29, 1.82) is 0 Å². The van der Waals surface area contributed by atoms with Gasteiger partial charge in [-0.25, -0.2) is 0 Å². The molecule has 0 aliphatic rings. The second-order valence-electron chi connectivity index (χ2n) is 5.67. The molecule has 0 saturated heterocycles. The lowest BCUT2D eigenvalue weighted by Gasteiger charge is -2.30. The minimum Gasteiger partial charge on any atom is -0.368 e. The fraction of sp³-hybridized carbons (Fsp3) is 0.647. The molecule has 0 radical (unpaired) electrons. The molecule has 1 atom stereocenters. The van der Waals surface area contributed by atoms with Gasteiger partial charge in [-0.3, -0.25) is 0 Å². The standard InChI is InChI=1S/C17H29ClN2/c1-6-10-19-14(5)15-8-9-17(16(18)12-15)20(11-7-2)13(3)4/h8-9,12-14,19H,6-7,10-11H2,1-5H3. The smallest absolute Gasteiger partial charge is 0.0642 e. The van der Waals surface area contributed by atoms with E-state index < -0.39 is 0 Å². The molecular formula is C17H29ClN2. The molecule has 1 N–H and O–H groups in total. The van der Waals surface area contributed by atoms with E-state index in [4.69, 9.17) is 11.6 Å². The molecule has 20 heavy (non-hydrogen) atoms. The highest BCUT2D eigenvalue weighted by Crippen LogP contribution is 2.30. The second kappa shape index (κ2) is 8.53. The summed E-state index contributed by atoms with van der Waals surface area (Å²) in [5, 5.41) is 4.36. The highest BCUT2D eigenvalue weighted by Gasteiger charge is 2.14. The van der Waals surface area contributed by atoms with Crippen LogP contribution in [0.2, 0.25) is 5.02 Å². The van der Waals surface area contributed by atoms with Crippen LogP contribution in [0, 0.1) is 0 Å². The van der Waals surface area contributed by atoms with Gasteiger partial charge >= 0.3 is 0 Å². The van der Waals surface area contributed by atoms with Gasteiger partial charge in [0.2, 0.25) is 0 Å². The third-order valence-corrected chi connectivity index (χ3v) is 3.87. The van der Waals surface area contributed by atoms with E-state index in [-0.39, 0.29) is 0 Å². The van der Waals surface area contributed by atoms with Crippen molar-refractivity contribution in [3.8, 4) is 0 Å². The Morgan fingerprint density at radius 1 is 1.15 bits per heavy atom. The summed E-state index contributed by atoms with van der Waals surface area (Å²) in [6, 6.07) is 7.28. The summed E-state index contributed by atoms with van der Waals surface area (Å²) in [4.78, 5) is 2.37. The number of rotatable bonds is 8. The van der Waals surface area contributed by atoms with E-state index >= 15 is 0 Å². The second-order valence-corrected chi connectivity index (χ2v) is 6.08. The predicted octanol–water partition coefficient (Wildman–Crippen LogP) is 5.03. The lowest BCUT2D eigenvalue weighted by Crippen LogP contribution is -2.31. The molecule has 1 aromatic rings. The van der Waals surface area contributed by atoms with Gasteiger partial charge in [0.15, 0.2) is 0 Å². The number of halogens is 1. The van der Waals surface area contributed by atoms with E-state index in [0.717, 1.165) is 36.6 Å². The van der Waals surface area contributed by atoms with Gasteiger partial charge in [-0.2, -0.15) is 0 Å². The summed E-state index contributed by atoms with van der Waals surface area (Å²) in [5.74, 6) is 0. The maximum absolute atomic E-state index is 6.51. The summed E-state index contributed by atoms with van der Waals surface area (Å²) in [7, 11) is 0. The predicted molar refractivity (Wildman–Crippen MR) is 90.9 cm³/mol. The minimum atomic E-state index is 0.347. The van der Waals surface area contributed by atoms with Gasteiger partial charge in [0.05, 0.1) is 10.7 Å². The van der Waals surface area contributed by atoms with Crippen molar-refractivity contribution in [3.63, 3.8) is 0 Å². The topological polar surface area (TPSA) is 15.3 Å². The van der Waals surface area contributed by atoms with Crippen LogP contribution in [0.5, 0.6) is 0 Å². The molecule has 2 nitrogen and oxygen atoms in total. The van der Waals surface area contributed by atoms with E-state index in [9.17, 15) is 0 Å². The van der Waals surface area contributed by atoms with Crippen molar-refractivity contribution in [2.24, 2.45) is 0 Å². The van der Waals surface area contributed by atoms with Gasteiger partial charge in [-0.05, 0) is 57.9 Å². The molecule has 0 bridgehead atoms. The SMILES string of the molecule is CCCNC(C)c1ccc(N(CCC)C(C)C)c(Cl)c1. The highest BCUT2D eigenvalue weighted by atomic mass is 35.5. The molecule has 0 saturated carbocycles. The summed E-state index contributed by atoms with van der Waals surface area (Å²) in [5.41, 5.74) is 2.40. The van der Waals surface area contributed by atoms with Crippen LogP contribution >= 0.6 is 11.6 Å². The molecule has 0 aromatic heterocycles. The van der Waals surface area contributed by atoms with Crippen LogP contribution in [-0.2, 0) is 0 Å². The van der Waals surface area contributed by atoms with Gasteiger partial charge in [-0.15, -0.1) is 0 Å². The van der Waals surface area contributed by atoms with Crippen molar-refractivity contribution >= 4 is 17.3 Å². The molecule has 1 aromatic carbocycles. The van der Waals surface area contributed by atoms with Crippen molar-refractivity contribution < 1.29 is 0 Å². The molecule has 1 rings (SSSR count). The van der Waals surface area contributed by atoms with Crippen LogP contribution in [0.1, 0.15) is 59.1 Å². The molecule has 0 aliphatic heterocycles. The first kappa shape index (κ1) is 17.3. The van der Waals surface area contributed by atoms with Crippen molar-refractivity contribution in [1.82, 2.24) is 5.32 Å². The zero-order valence-corrected chi connectivity index (χ0v) is 14.3. The molecule has 1 unspecified atom stereocenters. The molecule has 0 amide bonds. The van der Waals surface area contributed by atoms with Crippen LogP contribution in [0.15, 0.2) is 18.2 Å². The van der Waals surface area contributed by atoms with Crippen LogP contribution in [-0.4, -0.2) is 19.1 Å². The number of anilines is 1. The average molecular weight is 297 g/mol. The van der Waals surface area contributed by atoms with Crippen LogP contribution in [0.4, 0.5) is 5.69 Å². The Morgan fingerprint density at radius 3 is 2.35 bits per heavy atom. The van der Waals surface area contributed by atoms with E-state index in [2.05, 4.69) is 63.0 Å². The number of benzene rings is 1. The van der Waals surface area contributed by atoms with E-state index in [0.29, 0.717) is 12.1 Å². The van der Waals surface area contributed by atoms with E-state index in [1.54, 1.807) is 0 Å². The molecule has 0 fully saturated rings. The van der Waals surface area contributed by atoms with E-state index in [1.807, 2.05) is 0 Å². The first-order valence-electron chi connectivity index (χ1n) is 7.80. The molecular weight excluding hydrogens is 268 g/mol. The van der Waals surface area contributed by atoms with Crippen LogP contribution < -0.4 is 10.2 Å². The Morgan fingerprint density at radius 2 is 1.85 bits per heavy atom. The Kier molecular flexibility index (Phi) is 7.39. The van der Waals surface area contributed by atoms with Gasteiger partial charge in [0, 0.05) is 18.6 Å². The average Bonchev–Trinajstić information content (AvgIpc) is 2.42.